The highest BCUT2D eigenvalue weighted by atomic mass is 16.5. The lowest BCUT2D eigenvalue weighted by Gasteiger charge is -2.06. The predicted octanol–water partition coefficient (Wildman–Crippen LogP) is 3.76. The Morgan fingerprint density at radius 1 is 1.22 bits per heavy atom. The van der Waals surface area contributed by atoms with Gasteiger partial charge in [-0.2, -0.15) is 0 Å². The molecule has 0 spiro atoms. The van der Waals surface area contributed by atoms with Crippen LogP contribution in [0.4, 0.5) is 0 Å². The molecule has 23 heavy (non-hydrogen) atoms. The third-order valence-electron chi connectivity index (χ3n) is 4.31. The fourth-order valence-electron chi connectivity index (χ4n) is 2.94. The zero-order chi connectivity index (χ0) is 16.0. The Morgan fingerprint density at radius 3 is 2.87 bits per heavy atom. The van der Waals surface area contributed by atoms with Gasteiger partial charge < -0.3 is 9.15 Å². The van der Waals surface area contributed by atoms with Crippen molar-refractivity contribution >= 4 is 27.7 Å². The summed E-state index contributed by atoms with van der Waals surface area (Å²) >= 11 is 0. The summed E-state index contributed by atoms with van der Waals surface area (Å²) in [5, 5.41) is 2.53. The van der Waals surface area contributed by atoms with Crippen LogP contribution in [0.25, 0.3) is 21.7 Å². The molecule has 1 aliphatic rings. The fraction of sp³-hybridized carbons (Fsp3) is 0.263. The van der Waals surface area contributed by atoms with E-state index in [9.17, 15) is 9.59 Å². The van der Waals surface area contributed by atoms with Gasteiger partial charge in [-0.3, -0.25) is 9.59 Å². The lowest BCUT2D eigenvalue weighted by atomic mass is 10.1. The van der Waals surface area contributed by atoms with Gasteiger partial charge in [0, 0.05) is 17.9 Å². The quantitative estimate of drug-likeness (QED) is 0.546. The van der Waals surface area contributed by atoms with Crippen molar-refractivity contribution in [2.75, 3.05) is 0 Å². The first-order valence-corrected chi connectivity index (χ1v) is 7.82. The van der Waals surface area contributed by atoms with Crippen LogP contribution in [0.2, 0.25) is 0 Å². The van der Waals surface area contributed by atoms with E-state index in [1.165, 1.54) is 6.07 Å². The highest BCUT2D eigenvalue weighted by Crippen LogP contribution is 2.44. The Balaban J connectivity index is 1.79. The number of hydrogen-bond acceptors (Lipinski definition) is 4. The van der Waals surface area contributed by atoms with Gasteiger partial charge in [0.25, 0.3) is 0 Å². The van der Waals surface area contributed by atoms with Crippen LogP contribution >= 0.6 is 0 Å². The van der Waals surface area contributed by atoms with Gasteiger partial charge >= 0.3 is 5.97 Å². The summed E-state index contributed by atoms with van der Waals surface area (Å²) in [6, 6.07) is 13.1. The first kappa shape index (κ1) is 14.0. The molecule has 1 aromatic heterocycles. The third kappa shape index (κ3) is 2.40. The van der Waals surface area contributed by atoms with E-state index in [1.54, 1.807) is 13.0 Å². The van der Waals surface area contributed by atoms with Gasteiger partial charge in [-0.05, 0) is 17.9 Å². The van der Waals surface area contributed by atoms with Gasteiger partial charge in [0.15, 0.2) is 5.43 Å². The van der Waals surface area contributed by atoms with Crippen molar-refractivity contribution in [1.82, 2.24) is 0 Å². The zero-order valence-corrected chi connectivity index (χ0v) is 12.7. The molecule has 4 heteroatoms. The van der Waals surface area contributed by atoms with Gasteiger partial charge in [0.1, 0.15) is 17.4 Å². The number of benzene rings is 2. The summed E-state index contributed by atoms with van der Waals surface area (Å²) in [5.41, 5.74) is 0.553. The number of fused-ring (bicyclic) bond motifs is 3. The molecule has 0 saturated heterocycles. The van der Waals surface area contributed by atoms with Crippen molar-refractivity contribution < 1.29 is 13.9 Å². The number of carbonyl (C=O) groups excluding carboxylic acids is 1. The number of hydrogen-bond donors (Lipinski definition) is 0. The Morgan fingerprint density at radius 2 is 2.04 bits per heavy atom. The van der Waals surface area contributed by atoms with E-state index in [0.717, 1.165) is 10.8 Å². The van der Waals surface area contributed by atoms with E-state index in [4.69, 9.17) is 9.15 Å². The molecule has 1 aliphatic carbocycles. The van der Waals surface area contributed by atoms with Crippen molar-refractivity contribution in [3.05, 3.63) is 58.4 Å². The van der Waals surface area contributed by atoms with E-state index >= 15 is 0 Å². The minimum Gasteiger partial charge on any atom is -0.462 e. The molecule has 2 unspecified atom stereocenters. The van der Waals surface area contributed by atoms with Gasteiger partial charge in [0.2, 0.25) is 0 Å². The lowest BCUT2D eigenvalue weighted by Crippen LogP contribution is -2.07. The normalized spacial score (nSPS) is 19.9. The number of ether oxygens (including phenoxy) is 1. The van der Waals surface area contributed by atoms with Crippen LogP contribution in [-0.4, -0.2) is 12.1 Å². The predicted molar refractivity (Wildman–Crippen MR) is 87.5 cm³/mol. The van der Waals surface area contributed by atoms with E-state index in [1.807, 2.05) is 30.3 Å². The molecule has 1 heterocycles. The van der Waals surface area contributed by atoms with Crippen molar-refractivity contribution in [3.63, 3.8) is 0 Å². The van der Waals surface area contributed by atoms with Crippen LogP contribution in [0.3, 0.4) is 0 Å². The average molecular weight is 308 g/mol. The topological polar surface area (TPSA) is 56.5 Å². The molecule has 0 bridgehead atoms. The SMILES string of the molecule is CCC(=O)OC1CC1c1cc(=O)c2ccc3ccccc3c2o1. The van der Waals surface area contributed by atoms with Crippen LogP contribution in [0.5, 0.6) is 0 Å². The summed E-state index contributed by atoms with van der Waals surface area (Å²) in [5.74, 6) is 0.375. The average Bonchev–Trinajstić information content (AvgIpc) is 3.33. The van der Waals surface area contributed by atoms with E-state index < -0.39 is 0 Å². The van der Waals surface area contributed by atoms with Gasteiger partial charge in [0.05, 0.1) is 11.3 Å². The largest absolute Gasteiger partial charge is 0.462 e. The van der Waals surface area contributed by atoms with Crippen molar-refractivity contribution in [2.45, 2.75) is 31.8 Å². The Kier molecular flexibility index (Phi) is 3.18. The number of rotatable bonds is 3. The molecule has 0 N–H and O–H groups in total. The number of carbonyl (C=O) groups is 1. The van der Waals surface area contributed by atoms with Crippen LogP contribution in [0.1, 0.15) is 31.4 Å². The van der Waals surface area contributed by atoms with Gasteiger partial charge in [-0.25, -0.2) is 0 Å². The summed E-state index contributed by atoms with van der Waals surface area (Å²) in [7, 11) is 0. The minimum atomic E-state index is -0.217. The standard InChI is InChI=1S/C19H16O4/c1-2-18(21)22-16-9-14(16)17-10-15(20)13-8-7-11-5-3-4-6-12(11)19(13)23-17/h3-8,10,14,16H,2,9H2,1H3. The van der Waals surface area contributed by atoms with Crippen LogP contribution in [0, 0.1) is 0 Å². The molecule has 4 rings (SSSR count). The van der Waals surface area contributed by atoms with Crippen LogP contribution in [-0.2, 0) is 9.53 Å². The second-order valence-corrected chi connectivity index (χ2v) is 5.90. The molecule has 2 aromatic carbocycles. The molecular formula is C19H16O4. The molecule has 0 radical (unpaired) electrons. The van der Waals surface area contributed by atoms with E-state index in [2.05, 4.69) is 0 Å². The second kappa shape index (κ2) is 5.23. The van der Waals surface area contributed by atoms with E-state index in [0.29, 0.717) is 29.6 Å². The summed E-state index contributed by atoms with van der Waals surface area (Å²) in [6.07, 6.45) is 0.901. The van der Waals surface area contributed by atoms with Gasteiger partial charge in [-0.1, -0.05) is 37.3 Å². The third-order valence-corrected chi connectivity index (χ3v) is 4.31. The fourth-order valence-corrected chi connectivity index (χ4v) is 2.94. The summed E-state index contributed by atoms with van der Waals surface area (Å²) < 4.78 is 11.3. The monoisotopic (exact) mass is 308 g/mol. The number of esters is 1. The van der Waals surface area contributed by atoms with Crippen molar-refractivity contribution in [2.24, 2.45) is 0 Å². The Bertz CT molecular complexity index is 970. The minimum absolute atomic E-state index is 0.0124. The molecular weight excluding hydrogens is 292 g/mol. The molecule has 3 aromatic rings. The second-order valence-electron chi connectivity index (χ2n) is 5.90. The maximum atomic E-state index is 12.4. The Labute approximate surface area is 132 Å². The molecule has 116 valence electrons. The van der Waals surface area contributed by atoms with Crippen molar-refractivity contribution in [3.8, 4) is 0 Å². The Hall–Kier alpha value is -2.62. The summed E-state index contributed by atoms with van der Waals surface area (Å²) in [6.45, 7) is 1.77. The molecule has 0 aliphatic heterocycles. The van der Waals surface area contributed by atoms with Gasteiger partial charge in [-0.15, -0.1) is 0 Å². The highest BCUT2D eigenvalue weighted by molar-refractivity contribution is 6.03. The zero-order valence-electron chi connectivity index (χ0n) is 12.7. The van der Waals surface area contributed by atoms with Crippen molar-refractivity contribution in [1.29, 1.82) is 0 Å². The molecule has 2 atom stereocenters. The first-order valence-electron chi connectivity index (χ1n) is 7.82. The lowest BCUT2D eigenvalue weighted by molar-refractivity contribution is -0.144. The maximum Gasteiger partial charge on any atom is 0.305 e. The highest BCUT2D eigenvalue weighted by Gasteiger charge is 2.44. The van der Waals surface area contributed by atoms with Crippen LogP contribution < -0.4 is 5.43 Å². The van der Waals surface area contributed by atoms with E-state index in [-0.39, 0.29) is 23.4 Å². The van der Waals surface area contributed by atoms with Crippen LogP contribution in [0.15, 0.2) is 51.7 Å². The molecule has 4 nitrogen and oxygen atoms in total. The maximum absolute atomic E-state index is 12.4. The molecule has 1 saturated carbocycles. The summed E-state index contributed by atoms with van der Waals surface area (Å²) in [4.78, 5) is 23.8. The molecule has 0 amide bonds. The molecule has 1 fully saturated rings. The smallest absolute Gasteiger partial charge is 0.305 e. The first-order chi connectivity index (χ1) is 11.2.